The summed E-state index contributed by atoms with van der Waals surface area (Å²) < 4.78 is 16.3. The van der Waals surface area contributed by atoms with E-state index in [4.69, 9.17) is 25.8 Å². The monoisotopic (exact) mass is 390 g/mol. The Bertz CT molecular complexity index is 736. The number of nitrogens with one attached hydrogen (secondary N) is 1. The zero-order valence-electron chi connectivity index (χ0n) is 16.1. The van der Waals surface area contributed by atoms with Crippen LogP contribution in [-0.2, 0) is 6.54 Å². The SMILES string of the molecule is COc1cc(CN2CCC(Nc3cccc(Cl)c3)CC2)cc(OC)c1OC. The van der Waals surface area contributed by atoms with Crippen LogP contribution in [0.4, 0.5) is 5.69 Å². The lowest BCUT2D eigenvalue weighted by Crippen LogP contribution is -2.38. The summed E-state index contributed by atoms with van der Waals surface area (Å²) >= 11 is 6.07. The van der Waals surface area contributed by atoms with Crippen molar-refractivity contribution in [2.24, 2.45) is 0 Å². The van der Waals surface area contributed by atoms with Gasteiger partial charge in [-0.3, -0.25) is 4.90 Å². The third-order valence-corrected chi connectivity index (χ3v) is 5.15. The zero-order chi connectivity index (χ0) is 19.2. The van der Waals surface area contributed by atoms with E-state index in [2.05, 4.69) is 16.3 Å². The zero-order valence-corrected chi connectivity index (χ0v) is 16.9. The molecule has 1 fully saturated rings. The molecule has 0 spiro atoms. The molecule has 0 bridgehead atoms. The molecule has 0 atom stereocenters. The lowest BCUT2D eigenvalue weighted by molar-refractivity contribution is 0.210. The molecule has 6 heteroatoms. The van der Waals surface area contributed by atoms with Crippen LogP contribution in [0.5, 0.6) is 17.2 Å². The highest BCUT2D eigenvalue weighted by Gasteiger charge is 2.21. The van der Waals surface area contributed by atoms with E-state index in [1.54, 1.807) is 21.3 Å². The summed E-state index contributed by atoms with van der Waals surface area (Å²) in [7, 11) is 4.92. The second-order valence-corrected chi connectivity index (χ2v) is 7.18. The summed E-state index contributed by atoms with van der Waals surface area (Å²) in [5.74, 6) is 2.03. The van der Waals surface area contributed by atoms with Crippen LogP contribution in [0.3, 0.4) is 0 Å². The molecule has 1 N–H and O–H groups in total. The summed E-state index contributed by atoms with van der Waals surface area (Å²) in [5, 5.41) is 4.35. The van der Waals surface area contributed by atoms with Gasteiger partial charge in [-0.2, -0.15) is 0 Å². The molecule has 0 radical (unpaired) electrons. The minimum atomic E-state index is 0.472. The maximum Gasteiger partial charge on any atom is 0.203 e. The molecule has 1 saturated heterocycles. The maximum atomic E-state index is 6.07. The van der Waals surface area contributed by atoms with Gasteiger partial charge in [0.05, 0.1) is 21.3 Å². The second-order valence-electron chi connectivity index (χ2n) is 6.74. The molecule has 0 aromatic heterocycles. The van der Waals surface area contributed by atoms with Gasteiger partial charge >= 0.3 is 0 Å². The molecule has 1 aliphatic rings. The third-order valence-electron chi connectivity index (χ3n) is 4.91. The Kier molecular flexibility index (Phi) is 6.69. The lowest BCUT2D eigenvalue weighted by atomic mass is 10.0. The van der Waals surface area contributed by atoms with E-state index >= 15 is 0 Å². The van der Waals surface area contributed by atoms with Crippen LogP contribution in [0.15, 0.2) is 36.4 Å². The molecule has 1 heterocycles. The summed E-state index contributed by atoms with van der Waals surface area (Å²) in [6.07, 6.45) is 2.19. The van der Waals surface area contributed by atoms with Crippen molar-refractivity contribution in [2.75, 3.05) is 39.7 Å². The first kappa shape index (κ1) is 19.6. The second kappa shape index (κ2) is 9.20. The Hall–Kier alpha value is -2.11. The topological polar surface area (TPSA) is 43.0 Å². The van der Waals surface area contributed by atoms with Gasteiger partial charge in [0.1, 0.15) is 0 Å². The average molecular weight is 391 g/mol. The van der Waals surface area contributed by atoms with E-state index in [1.165, 1.54) is 0 Å². The molecule has 5 nitrogen and oxygen atoms in total. The van der Waals surface area contributed by atoms with E-state index in [9.17, 15) is 0 Å². The van der Waals surface area contributed by atoms with Crippen molar-refractivity contribution in [1.29, 1.82) is 0 Å². The molecule has 146 valence electrons. The summed E-state index contributed by atoms with van der Waals surface area (Å²) in [4.78, 5) is 2.46. The van der Waals surface area contributed by atoms with Gasteiger partial charge in [0, 0.05) is 36.4 Å². The Morgan fingerprint density at radius 3 is 2.22 bits per heavy atom. The smallest absolute Gasteiger partial charge is 0.203 e. The summed E-state index contributed by atoms with van der Waals surface area (Å²) in [6, 6.07) is 12.4. The number of methoxy groups -OCH3 is 3. The first-order valence-corrected chi connectivity index (χ1v) is 9.54. The number of nitrogens with zero attached hydrogens (tertiary/aromatic N) is 1. The van der Waals surface area contributed by atoms with Crippen molar-refractivity contribution in [3.8, 4) is 17.2 Å². The first-order valence-electron chi connectivity index (χ1n) is 9.16. The largest absolute Gasteiger partial charge is 0.493 e. The van der Waals surface area contributed by atoms with Crippen molar-refractivity contribution in [3.05, 3.63) is 47.0 Å². The van der Waals surface area contributed by atoms with Crippen LogP contribution in [-0.4, -0.2) is 45.4 Å². The fourth-order valence-corrected chi connectivity index (χ4v) is 3.72. The van der Waals surface area contributed by atoms with Crippen molar-refractivity contribution in [3.63, 3.8) is 0 Å². The van der Waals surface area contributed by atoms with E-state index in [0.29, 0.717) is 23.3 Å². The fraction of sp³-hybridized carbons (Fsp3) is 0.429. The van der Waals surface area contributed by atoms with Crippen molar-refractivity contribution in [1.82, 2.24) is 4.90 Å². The normalized spacial score (nSPS) is 15.4. The predicted octanol–water partition coefficient (Wildman–Crippen LogP) is 4.44. The standard InChI is InChI=1S/C21H27ClN2O3/c1-25-19-11-15(12-20(26-2)21(19)27-3)14-24-9-7-17(8-10-24)23-18-6-4-5-16(22)13-18/h4-6,11-13,17,23H,7-10,14H2,1-3H3. The number of anilines is 1. The molecule has 1 aliphatic heterocycles. The molecule has 0 unspecified atom stereocenters. The van der Waals surface area contributed by atoms with E-state index in [0.717, 1.165) is 48.7 Å². The van der Waals surface area contributed by atoms with E-state index in [-0.39, 0.29) is 0 Å². The number of ether oxygens (including phenoxy) is 3. The van der Waals surface area contributed by atoms with Gasteiger partial charge in [0.15, 0.2) is 11.5 Å². The molecule has 3 rings (SSSR count). The van der Waals surface area contributed by atoms with Gasteiger partial charge in [-0.05, 0) is 48.7 Å². The molecular formula is C21H27ClN2O3. The Morgan fingerprint density at radius 2 is 1.67 bits per heavy atom. The van der Waals surface area contributed by atoms with Crippen LogP contribution in [0.2, 0.25) is 5.02 Å². The maximum absolute atomic E-state index is 6.07. The van der Waals surface area contributed by atoms with Gasteiger partial charge < -0.3 is 19.5 Å². The third kappa shape index (κ3) is 4.99. The van der Waals surface area contributed by atoms with Gasteiger partial charge in [0.2, 0.25) is 5.75 Å². The quantitative estimate of drug-likeness (QED) is 0.756. The van der Waals surface area contributed by atoms with E-state index < -0.39 is 0 Å². The van der Waals surface area contributed by atoms with Crippen molar-refractivity contribution >= 4 is 17.3 Å². The lowest BCUT2D eigenvalue weighted by Gasteiger charge is -2.33. The van der Waals surface area contributed by atoms with Gasteiger partial charge in [-0.1, -0.05) is 17.7 Å². The minimum absolute atomic E-state index is 0.472. The highest BCUT2D eigenvalue weighted by atomic mass is 35.5. The number of halogens is 1. The van der Waals surface area contributed by atoms with Gasteiger partial charge in [-0.15, -0.1) is 0 Å². The van der Waals surface area contributed by atoms with Crippen molar-refractivity contribution in [2.45, 2.75) is 25.4 Å². The van der Waals surface area contributed by atoms with Crippen LogP contribution in [0, 0.1) is 0 Å². The fourth-order valence-electron chi connectivity index (χ4n) is 3.53. The number of rotatable bonds is 7. The van der Waals surface area contributed by atoms with Crippen LogP contribution >= 0.6 is 11.6 Å². The number of likely N-dealkylation sites (tertiary alicyclic amines) is 1. The summed E-state index contributed by atoms with van der Waals surface area (Å²) in [6.45, 7) is 2.93. The number of hydrogen-bond donors (Lipinski definition) is 1. The Morgan fingerprint density at radius 1 is 1.00 bits per heavy atom. The Balaban J connectivity index is 1.59. The Labute approximate surface area is 166 Å². The molecule has 2 aromatic carbocycles. The van der Waals surface area contributed by atoms with Crippen LogP contribution in [0.25, 0.3) is 0 Å². The molecule has 2 aromatic rings. The highest BCUT2D eigenvalue weighted by molar-refractivity contribution is 6.30. The van der Waals surface area contributed by atoms with Crippen LogP contribution in [0.1, 0.15) is 18.4 Å². The summed E-state index contributed by atoms with van der Waals surface area (Å²) in [5.41, 5.74) is 2.25. The highest BCUT2D eigenvalue weighted by Crippen LogP contribution is 2.38. The first-order chi connectivity index (χ1) is 13.1. The molecule has 27 heavy (non-hydrogen) atoms. The molecule has 0 aliphatic carbocycles. The molecular weight excluding hydrogens is 364 g/mol. The van der Waals surface area contributed by atoms with E-state index in [1.807, 2.05) is 30.3 Å². The minimum Gasteiger partial charge on any atom is -0.493 e. The van der Waals surface area contributed by atoms with Crippen LogP contribution < -0.4 is 19.5 Å². The molecule has 0 amide bonds. The van der Waals surface area contributed by atoms with Gasteiger partial charge in [0.25, 0.3) is 0 Å². The number of hydrogen-bond acceptors (Lipinski definition) is 5. The van der Waals surface area contributed by atoms with Gasteiger partial charge in [-0.25, -0.2) is 0 Å². The average Bonchev–Trinajstić information content (AvgIpc) is 2.68. The molecule has 0 saturated carbocycles. The number of benzene rings is 2. The van der Waals surface area contributed by atoms with Crippen molar-refractivity contribution < 1.29 is 14.2 Å². The number of piperidine rings is 1. The predicted molar refractivity (Wildman–Crippen MR) is 109 cm³/mol.